The highest BCUT2D eigenvalue weighted by atomic mass is 19.1. The van der Waals surface area contributed by atoms with Gasteiger partial charge in [-0.1, -0.05) is 24.3 Å². The van der Waals surface area contributed by atoms with Crippen LogP contribution in [0.4, 0.5) is 10.2 Å². The van der Waals surface area contributed by atoms with Crippen molar-refractivity contribution in [3.05, 3.63) is 72.4 Å². The van der Waals surface area contributed by atoms with Gasteiger partial charge >= 0.3 is 0 Å². The van der Waals surface area contributed by atoms with Gasteiger partial charge in [0.05, 0.1) is 31.2 Å². The minimum absolute atomic E-state index is 0.192. The van der Waals surface area contributed by atoms with E-state index in [0.29, 0.717) is 24.0 Å². The topological polar surface area (TPSA) is 87.0 Å². The average molecular weight is 526 g/mol. The molecule has 200 valence electrons. The first-order valence-electron chi connectivity index (χ1n) is 13.8. The van der Waals surface area contributed by atoms with E-state index >= 15 is 0 Å². The molecule has 4 heterocycles. The van der Waals surface area contributed by atoms with E-state index < -0.39 is 0 Å². The Morgan fingerprint density at radius 1 is 0.949 bits per heavy atom. The van der Waals surface area contributed by atoms with Gasteiger partial charge in [-0.25, -0.2) is 19.0 Å². The molecule has 0 bridgehead atoms. The molecule has 2 fully saturated rings. The predicted octanol–water partition coefficient (Wildman–Crippen LogP) is 5.03. The fourth-order valence-corrected chi connectivity index (χ4v) is 6.36. The van der Waals surface area contributed by atoms with Crippen molar-refractivity contribution in [1.82, 2.24) is 29.2 Å². The van der Waals surface area contributed by atoms with E-state index in [2.05, 4.69) is 48.4 Å². The van der Waals surface area contributed by atoms with Crippen molar-refractivity contribution in [3.63, 3.8) is 0 Å². The number of nitrogens with two attached hydrogens (primary N) is 1. The number of nitrogen functional groups attached to an aromatic ring is 1. The van der Waals surface area contributed by atoms with Gasteiger partial charge in [0.15, 0.2) is 5.65 Å². The minimum atomic E-state index is -0.192. The monoisotopic (exact) mass is 525 g/mol. The Kier molecular flexibility index (Phi) is 6.25. The van der Waals surface area contributed by atoms with Crippen LogP contribution < -0.4 is 5.73 Å². The summed E-state index contributed by atoms with van der Waals surface area (Å²) in [6, 6.07) is 16.1. The highest BCUT2D eigenvalue weighted by Crippen LogP contribution is 2.37. The first-order chi connectivity index (χ1) is 19.2. The number of morpholine rings is 1. The molecule has 9 heteroatoms. The van der Waals surface area contributed by atoms with Crippen LogP contribution in [-0.4, -0.2) is 61.6 Å². The maximum atomic E-state index is 14.3. The molecule has 0 radical (unpaired) electrons. The van der Waals surface area contributed by atoms with Crippen molar-refractivity contribution in [1.29, 1.82) is 0 Å². The van der Waals surface area contributed by atoms with Crippen LogP contribution in [-0.2, 0) is 11.3 Å². The Bertz CT molecular complexity index is 1630. The molecule has 1 saturated heterocycles. The summed E-state index contributed by atoms with van der Waals surface area (Å²) in [6.07, 6.45) is 7.93. The van der Waals surface area contributed by atoms with Gasteiger partial charge < -0.3 is 15.0 Å². The van der Waals surface area contributed by atoms with Crippen LogP contribution in [0.3, 0.4) is 0 Å². The molecule has 7 rings (SSSR count). The third kappa shape index (κ3) is 4.45. The summed E-state index contributed by atoms with van der Waals surface area (Å²) in [6.45, 7) is 4.19. The molecular formula is C30H32FN7O. The van der Waals surface area contributed by atoms with Crippen molar-refractivity contribution < 1.29 is 9.13 Å². The molecule has 2 N–H and O–H groups in total. The van der Waals surface area contributed by atoms with E-state index in [1.807, 2.05) is 18.3 Å². The summed E-state index contributed by atoms with van der Waals surface area (Å²) < 4.78 is 24.0. The van der Waals surface area contributed by atoms with Crippen molar-refractivity contribution in [2.24, 2.45) is 0 Å². The summed E-state index contributed by atoms with van der Waals surface area (Å²) in [5.41, 5.74) is 10.7. The lowest BCUT2D eigenvalue weighted by atomic mass is 9.90. The lowest BCUT2D eigenvalue weighted by Crippen LogP contribution is -2.45. The predicted molar refractivity (Wildman–Crippen MR) is 150 cm³/mol. The van der Waals surface area contributed by atoms with Crippen LogP contribution in [0.2, 0.25) is 0 Å². The Labute approximate surface area is 226 Å². The quantitative estimate of drug-likeness (QED) is 0.346. The van der Waals surface area contributed by atoms with Crippen molar-refractivity contribution in [2.75, 3.05) is 32.0 Å². The summed E-state index contributed by atoms with van der Waals surface area (Å²) in [5.74, 6) is 0.253. The second-order valence-electron chi connectivity index (χ2n) is 10.7. The van der Waals surface area contributed by atoms with Crippen LogP contribution in [0.1, 0.15) is 37.3 Å². The Morgan fingerprint density at radius 2 is 1.74 bits per heavy atom. The fourth-order valence-electron chi connectivity index (χ4n) is 6.36. The van der Waals surface area contributed by atoms with E-state index in [9.17, 15) is 4.39 Å². The molecule has 5 aromatic rings. The number of aromatic nitrogens is 5. The average Bonchev–Trinajstić information content (AvgIpc) is 3.57. The third-order valence-electron chi connectivity index (χ3n) is 8.44. The number of nitrogens with zero attached hydrogens (tertiary/aromatic N) is 6. The second-order valence-corrected chi connectivity index (χ2v) is 10.7. The zero-order chi connectivity index (χ0) is 26.3. The highest BCUT2D eigenvalue weighted by Gasteiger charge is 2.30. The van der Waals surface area contributed by atoms with Gasteiger partial charge in [-0.05, 0) is 49.9 Å². The van der Waals surface area contributed by atoms with Crippen molar-refractivity contribution >= 4 is 27.8 Å². The SMILES string of the molecule is Nc1ncnc2c1c(-c1ccc3c(ccn3Cc3ccccc3F)c1)nn2C1CCC(N2CCOCC2)CC1. The Hall–Kier alpha value is -3.82. The van der Waals surface area contributed by atoms with Gasteiger partial charge in [0, 0.05) is 47.4 Å². The number of anilines is 1. The van der Waals surface area contributed by atoms with Gasteiger partial charge in [0.25, 0.3) is 0 Å². The normalized spacial score (nSPS) is 20.6. The summed E-state index contributed by atoms with van der Waals surface area (Å²) in [4.78, 5) is 11.5. The highest BCUT2D eigenvalue weighted by molar-refractivity contribution is 6.00. The lowest BCUT2D eigenvalue weighted by molar-refractivity contribution is 0.00520. The second kappa shape index (κ2) is 10.1. The molecule has 2 aromatic carbocycles. The molecule has 1 aliphatic heterocycles. The van der Waals surface area contributed by atoms with Gasteiger partial charge in [0.2, 0.25) is 0 Å². The molecule has 8 nitrogen and oxygen atoms in total. The largest absolute Gasteiger partial charge is 0.383 e. The molecule has 39 heavy (non-hydrogen) atoms. The third-order valence-corrected chi connectivity index (χ3v) is 8.44. The van der Waals surface area contributed by atoms with Crippen LogP contribution in [0.25, 0.3) is 33.2 Å². The first-order valence-corrected chi connectivity index (χ1v) is 13.8. The Morgan fingerprint density at radius 3 is 2.56 bits per heavy atom. The van der Waals surface area contributed by atoms with E-state index in [1.54, 1.807) is 6.07 Å². The van der Waals surface area contributed by atoms with Crippen molar-refractivity contribution in [3.8, 4) is 11.3 Å². The molecule has 0 spiro atoms. The van der Waals surface area contributed by atoms with Gasteiger partial charge in [-0.3, -0.25) is 4.90 Å². The number of hydrogen-bond acceptors (Lipinski definition) is 6. The zero-order valence-corrected chi connectivity index (χ0v) is 21.8. The lowest BCUT2D eigenvalue weighted by Gasteiger charge is -2.38. The summed E-state index contributed by atoms with van der Waals surface area (Å²) in [5, 5.41) is 6.99. The van der Waals surface area contributed by atoms with Crippen LogP contribution >= 0.6 is 0 Å². The summed E-state index contributed by atoms with van der Waals surface area (Å²) in [7, 11) is 0. The van der Waals surface area contributed by atoms with Gasteiger partial charge in [-0.15, -0.1) is 0 Å². The Balaban J connectivity index is 1.20. The van der Waals surface area contributed by atoms with Crippen LogP contribution in [0, 0.1) is 5.82 Å². The molecule has 2 aliphatic rings. The van der Waals surface area contributed by atoms with E-state index in [0.717, 1.165) is 85.2 Å². The number of ether oxygens (including phenoxy) is 1. The van der Waals surface area contributed by atoms with Gasteiger partial charge in [-0.2, -0.15) is 5.10 Å². The minimum Gasteiger partial charge on any atom is -0.383 e. The molecule has 1 aliphatic carbocycles. The van der Waals surface area contributed by atoms with Crippen molar-refractivity contribution in [2.45, 2.75) is 44.3 Å². The zero-order valence-electron chi connectivity index (χ0n) is 21.8. The van der Waals surface area contributed by atoms with Crippen LogP contribution in [0.15, 0.2) is 61.1 Å². The molecule has 1 saturated carbocycles. The smallest absolute Gasteiger partial charge is 0.164 e. The molecular weight excluding hydrogens is 493 g/mol. The summed E-state index contributed by atoms with van der Waals surface area (Å²) >= 11 is 0. The van der Waals surface area contributed by atoms with E-state index in [-0.39, 0.29) is 11.9 Å². The number of benzene rings is 2. The molecule has 0 unspecified atom stereocenters. The molecule has 3 aromatic heterocycles. The molecule has 0 amide bonds. The maximum absolute atomic E-state index is 14.3. The number of halogens is 1. The number of rotatable bonds is 5. The number of hydrogen-bond donors (Lipinski definition) is 1. The van der Waals surface area contributed by atoms with Gasteiger partial charge in [0.1, 0.15) is 23.7 Å². The first kappa shape index (κ1) is 24.2. The van der Waals surface area contributed by atoms with Crippen LogP contribution in [0.5, 0.6) is 0 Å². The maximum Gasteiger partial charge on any atom is 0.164 e. The van der Waals surface area contributed by atoms with E-state index in [4.69, 9.17) is 15.6 Å². The number of fused-ring (bicyclic) bond motifs is 2. The fraction of sp³-hybridized carbons (Fsp3) is 0.367. The van der Waals surface area contributed by atoms with E-state index in [1.165, 1.54) is 12.4 Å². The standard InChI is InChI=1S/C30H32FN7O/c31-25-4-2-1-3-22(25)18-37-12-11-20-17-21(5-10-26(20)37)28-27-29(32)33-19-34-30(27)38(35-28)24-8-6-23(7-9-24)36-13-15-39-16-14-36/h1-5,10-12,17,19,23-24H,6-9,13-16,18H2,(H2,32,33,34). The molecule has 0 atom stereocenters.